The summed E-state index contributed by atoms with van der Waals surface area (Å²) < 4.78 is 33.0. The highest BCUT2D eigenvalue weighted by Crippen LogP contribution is 2.29. The van der Waals surface area contributed by atoms with Gasteiger partial charge in [0, 0.05) is 18.3 Å². The normalized spacial score (nSPS) is 13.8. The zero-order valence-corrected chi connectivity index (χ0v) is 15.2. The maximum Gasteiger partial charge on any atom is 0.247 e. The maximum absolute atomic E-state index is 12.5. The molecule has 1 amide bonds. The van der Waals surface area contributed by atoms with Crippen LogP contribution in [0.3, 0.4) is 0 Å². The number of nitrogens with zero attached hydrogens (tertiary/aromatic N) is 3. The number of amides is 1. The monoisotopic (exact) mass is 384 g/mol. The minimum Gasteiger partial charge on any atom is -0.419 e. The fraction of sp³-hybridized carbons (Fsp3) is 0.167. The second-order valence-electron chi connectivity index (χ2n) is 6.11. The lowest BCUT2D eigenvalue weighted by Crippen LogP contribution is -2.23. The van der Waals surface area contributed by atoms with Crippen LogP contribution >= 0.6 is 0 Å². The first-order valence-corrected chi connectivity index (χ1v) is 9.69. The third-order valence-corrected chi connectivity index (χ3v) is 5.74. The molecular weight excluding hydrogens is 368 g/mol. The topological polar surface area (TPSA) is 105 Å². The van der Waals surface area contributed by atoms with Gasteiger partial charge in [0.2, 0.25) is 27.7 Å². The highest BCUT2D eigenvalue weighted by Gasteiger charge is 2.26. The Bertz CT molecular complexity index is 1110. The number of hydrogen-bond donors (Lipinski definition) is 1. The third-order valence-electron chi connectivity index (χ3n) is 4.34. The molecule has 1 N–H and O–H groups in total. The van der Waals surface area contributed by atoms with E-state index in [1.807, 2.05) is 30.3 Å². The van der Waals surface area contributed by atoms with Gasteiger partial charge in [0.05, 0.1) is 17.9 Å². The standard InChI is InChI=1S/C18H16N4O4S/c1-22-15-8-7-14(9-13(15)10-17(22)23)27(24,25)19-11-16-20-21-18(26-16)12-5-3-2-4-6-12/h2-9,19H,10-11H2,1H3. The van der Waals surface area contributed by atoms with Crippen LogP contribution in [0.1, 0.15) is 11.5 Å². The smallest absolute Gasteiger partial charge is 0.247 e. The quantitative estimate of drug-likeness (QED) is 0.718. The number of nitrogens with one attached hydrogen (secondary N) is 1. The summed E-state index contributed by atoms with van der Waals surface area (Å²) in [6.45, 7) is -0.127. The van der Waals surface area contributed by atoms with Gasteiger partial charge in [-0.15, -0.1) is 10.2 Å². The molecule has 1 aliphatic heterocycles. The van der Waals surface area contributed by atoms with Gasteiger partial charge in [0.25, 0.3) is 0 Å². The van der Waals surface area contributed by atoms with E-state index in [-0.39, 0.29) is 29.7 Å². The van der Waals surface area contributed by atoms with Crippen molar-refractivity contribution in [1.82, 2.24) is 14.9 Å². The molecule has 0 spiro atoms. The van der Waals surface area contributed by atoms with Crippen LogP contribution in [0.15, 0.2) is 57.8 Å². The summed E-state index contributed by atoms with van der Waals surface area (Å²) in [4.78, 5) is 13.4. The number of aromatic nitrogens is 2. The molecule has 4 rings (SSSR count). The van der Waals surface area contributed by atoms with Crippen LogP contribution in [0, 0.1) is 0 Å². The van der Waals surface area contributed by atoms with Gasteiger partial charge < -0.3 is 9.32 Å². The highest BCUT2D eigenvalue weighted by molar-refractivity contribution is 7.89. The van der Waals surface area contributed by atoms with Gasteiger partial charge in [-0.05, 0) is 35.9 Å². The molecular formula is C18H16N4O4S. The summed E-state index contributed by atoms with van der Waals surface area (Å²) in [5.74, 6) is 0.421. The molecule has 8 nitrogen and oxygen atoms in total. The Balaban J connectivity index is 1.49. The fourth-order valence-electron chi connectivity index (χ4n) is 2.88. The molecule has 0 radical (unpaired) electrons. The zero-order chi connectivity index (χ0) is 19.0. The van der Waals surface area contributed by atoms with Crippen LogP contribution in [0.25, 0.3) is 11.5 Å². The number of anilines is 1. The SMILES string of the molecule is CN1C(=O)Cc2cc(S(=O)(=O)NCc3nnc(-c4ccccc4)o3)ccc21. The minimum atomic E-state index is -3.78. The largest absolute Gasteiger partial charge is 0.419 e. The molecule has 138 valence electrons. The lowest BCUT2D eigenvalue weighted by molar-refractivity contribution is -0.117. The fourth-order valence-corrected chi connectivity index (χ4v) is 3.90. The second kappa shape index (κ2) is 6.60. The number of carbonyl (C=O) groups is 1. The van der Waals surface area contributed by atoms with Crippen LogP contribution in [0.5, 0.6) is 0 Å². The van der Waals surface area contributed by atoms with E-state index in [2.05, 4.69) is 14.9 Å². The van der Waals surface area contributed by atoms with Crippen molar-refractivity contribution < 1.29 is 17.6 Å². The average Bonchev–Trinajstić information content (AvgIpc) is 3.26. The molecule has 1 aromatic heterocycles. The first-order chi connectivity index (χ1) is 12.9. The number of likely N-dealkylation sites (N-methyl/N-ethyl adjacent to an activating group) is 1. The third kappa shape index (κ3) is 3.34. The molecule has 2 aromatic carbocycles. The number of hydrogen-bond acceptors (Lipinski definition) is 6. The van der Waals surface area contributed by atoms with E-state index in [0.29, 0.717) is 11.5 Å². The van der Waals surface area contributed by atoms with E-state index in [1.54, 1.807) is 13.1 Å². The summed E-state index contributed by atoms with van der Waals surface area (Å²) in [6.07, 6.45) is 0.194. The van der Waals surface area contributed by atoms with Gasteiger partial charge in [-0.3, -0.25) is 4.79 Å². The van der Waals surface area contributed by atoms with Crippen molar-refractivity contribution in [3.63, 3.8) is 0 Å². The Labute approximate surface area is 155 Å². The molecule has 0 fully saturated rings. The van der Waals surface area contributed by atoms with Crippen molar-refractivity contribution in [3.8, 4) is 11.5 Å². The van der Waals surface area contributed by atoms with Crippen LogP contribution in [0.2, 0.25) is 0 Å². The van der Waals surface area contributed by atoms with Crippen LogP contribution in [-0.2, 0) is 27.8 Å². The van der Waals surface area contributed by atoms with E-state index in [9.17, 15) is 13.2 Å². The number of carbonyl (C=O) groups excluding carboxylic acids is 1. The Hall–Kier alpha value is -3.04. The van der Waals surface area contributed by atoms with Crippen molar-refractivity contribution in [2.45, 2.75) is 17.9 Å². The Morgan fingerprint density at radius 3 is 2.70 bits per heavy atom. The molecule has 1 aliphatic rings. The van der Waals surface area contributed by atoms with Gasteiger partial charge >= 0.3 is 0 Å². The van der Waals surface area contributed by atoms with Crippen LogP contribution in [-0.4, -0.2) is 31.6 Å². The molecule has 0 unspecified atom stereocenters. The van der Waals surface area contributed by atoms with Gasteiger partial charge in [0.1, 0.15) is 0 Å². The number of sulfonamides is 1. The lowest BCUT2D eigenvalue weighted by atomic mass is 10.2. The van der Waals surface area contributed by atoms with Gasteiger partial charge in [-0.25, -0.2) is 13.1 Å². The molecule has 0 saturated heterocycles. The molecule has 2 heterocycles. The lowest BCUT2D eigenvalue weighted by Gasteiger charge is -2.11. The summed E-state index contributed by atoms with van der Waals surface area (Å²) in [7, 11) is -2.11. The van der Waals surface area contributed by atoms with E-state index >= 15 is 0 Å². The van der Waals surface area contributed by atoms with Crippen molar-refractivity contribution in [1.29, 1.82) is 0 Å². The van der Waals surface area contributed by atoms with Crippen molar-refractivity contribution in [2.75, 3.05) is 11.9 Å². The summed E-state index contributed by atoms with van der Waals surface area (Å²) in [5, 5.41) is 7.80. The van der Waals surface area contributed by atoms with Crippen LogP contribution < -0.4 is 9.62 Å². The molecule has 0 atom stereocenters. The Morgan fingerprint density at radius 2 is 1.93 bits per heavy atom. The first-order valence-electron chi connectivity index (χ1n) is 8.21. The predicted molar refractivity (Wildman–Crippen MR) is 97.3 cm³/mol. The second-order valence-corrected chi connectivity index (χ2v) is 7.88. The van der Waals surface area contributed by atoms with E-state index in [4.69, 9.17) is 4.42 Å². The minimum absolute atomic E-state index is 0.0631. The maximum atomic E-state index is 12.5. The average molecular weight is 384 g/mol. The predicted octanol–water partition coefficient (Wildman–Crippen LogP) is 1.73. The number of rotatable bonds is 5. The zero-order valence-electron chi connectivity index (χ0n) is 14.4. The molecule has 0 aliphatic carbocycles. The first kappa shape index (κ1) is 17.4. The number of benzene rings is 2. The van der Waals surface area contributed by atoms with Crippen LogP contribution in [0.4, 0.5) is 5.69 Å². The van der Waals surface area contributed by atoms with E-state index in [0.717, 1.165) is 11.3 Å². The van der Waals surface area contributed by atoms with E-state index < -0.39 is 10.0 Å². The molecule has 9 heteroatoms. The Morgan fingerprint density at radius 1 is 1.15 bits per heavy atom. The molecule has 0 bridgehead atoms. The Kier molecular flexibility index (Phi) is 4.25. The molecule has 27 heavy (non-hydrogen) atoms. The molecule has 3 aromatic rings. The van der Waals surface area contributed by atoms with Gasteiger partial charge in [0.15, 0.2) is 0 Å². The van der Waals surface area contributed by atoms with Crippen molar-refractivity contribution in [2.24, 2.45) is 0 Å². The van der Waals surface area contributed by atoms with Gasteiger partial charge in [-0.1, -0.05) is 18.2 Å². The summed E-state index contributed by atoms with van der Waals surface area (Å²) in [6, 6.07) is 13.8. The molecule has 0 saturated carbocycles. The number of fused-ring (bicyclic) bond motifs is 1. The highest BCUT2D eigenvalue weighted by atomic mass is 32.2. The summed E-state index contributed by atoms with van der Waals surface area (Å²) >= 11 is 0. The van der Waals surface area contributed by atoms with Gasteiger partial charge in [-0.2, -0.15) is 0 Å². The van der Waals surface area contributed by atoms with Crippen molar-refractivity contribution in [3.05, 3.63) is 60.0 Å². The summed E-state index contributed by atoms with van der Waals surface area (Å²) in [5.41, 5.74) is 2.17. The van der Waals surface area contributed by atoms with E-state index in [1.165, 1.54) is 17.0 Å². The van der Waals surface area contributed by atoms with Crippen molar-refractivity contribution >= 4 is 21.6 Å².